The van der Waals surface area contributed by atoms with Crippen LogP contribution in [0, 0.1) is 0 Å². The molecule has 3 aromatic rings. The third-order valence-electron chi connectivity index (χ3n) is 3.37. The fraction of sp³-hybridized carbons (Fsp3) is 0.125. The van der Waals surface area contributed by atoms with Crippen LogP contribution in [0.5, 0.6) is 0 Å². The van der Waals surface area contributed by atoms with E-state index in [1.165, 1.54) is 0 Å². The standard InChI is InChI=1S/C16H14O2/c17-9-11-4-5-12-6-7-13-2-1-3-14(10-18)16(13)15(12)8-11/h1-8,17-18H,9-10H2. The Bertz CT molecular complexity index is 717. The summed E-state index contributed by atoms with van der Waals surface area (Å²) in [6.07, 6.45) is 0. The van der Waals surface area contributed by atoms with Crippen LogP contribution in [0.15, 0.2) is 48.5 Å². The SMILES string of the molecule is OCc1ccc2ccc3cccc(CO)c3c2c1. The van der Waals surface area contributed by atoms with Gasteiger partial charge in [-0.15, -0.1) is 0 Å². The van der Waals surface area contributed by atoms with E-state index in [2.05, 4.69) is 12.1 Å². The summed E-state index contributed by atoms with van der Waals surface area (Å²) in [6.45, 7) is 0.0629. The molecule has 0 aromatic heterocycles. The molecule has 0 spiro atoms. The summed E-state index contributed by atoms with van der Waals surface area (Å²) >= 11 is 0. The second kappa shape index (κ2) is 4.41. The highest BCUT2D eigenvalue weighted by atomic mass is 16.3. The van der Waals surface area contributed by atoms with Gasteiger partial charge in [-0.25, -0.2) is 0 Å². The van der Waals surface area contributed by atoms with E-state index in [4.69, 9.17) is 0 Å². The van der Waals surface area contributed by atoms with Crippen LogP contribution in [0.3, 0.4) is 0 Å². The Labute approximate surface area is 105 Å². The van der Waals surface area contributed by atoms with E-state index in [0.29, 0.717) is 0 Å². The van der Waals surface area contributed by atoms with Gasteiger partial charge in [-0.3, -0.25) is 0 Å². The normalized spacial score (nSPS) is 11.2. The lowest BCUT2D eigenvalue weighted by Crippen LogP contribution is -1.89. The van der Waals surface area contributed by atoms with Crippen molar-refractivity contribution in [2.45, 2.75) is 13.2 Å². The fourth-order valence-electron chi connectivity index (χ4n) is 2.46. The molecular weight excluding hydrogens is 224 g/mol. The molecule has 90 valence electrons. The van der Waals surface area contributed by atoms with Crippen LogP contribution in [0.4, 0.5) is 0 Å². The lowest BCUT2D eigenvalue weighted by Gasteiger charge is -2.09. The topological polar surface area (TPSA) is 40.5 Å². The zero-order valence-corrected chi connectivity index (χ0v) is 9.93. The van der Waals surface area contributed by atoms with Crippen LogP contribution in [0.1, 0.15) is 11.1 Å². The molecule has 0 radical (unpaired) electrons. The molecule has 0 fully saturated rings. The Morgan fingerprint density at radius 1 is 0.778 bits per heavy atom. The first-order chi connectivity index (χ1) is 8.83. The van der Waals surface area contributed by atoms with Gasteiger partial charge in [-0.05, 0) is 38.7 Å². The van der Waals surface area contributed by atoms with E-state index < -0.39 is 0 Å². The summed E-state index contributed by atoms with van der Waals surface area (Å²) < 4.78 is 0. The number of fused-ring (bicyclic) bond motifs is 3. The molecule has 18 heavy (non-hydrogen) atoms. The lowest BCUT2D eigenvalue weighted by atomic mass is 9.97. The molecule has 0 unspecified atom stereocenters. The Kier molecular flexibility index (Phi) is 2.74. The molecule has 0 bridgehead atoms. The molecule has 0 saturated carbocycles. The van der Waals surface area contributed by atoms with E-state index >= 15 is 0 Å². The summed E-state index contributed by atoms with van der Waals surface area (Å²) in [4.78, 5) is 0. The average molecular weight is 238 g/mol. The predicted octanol–water partition coefficient (Wildman–Crippen LogP) is 2.98. The van der Waals surface area contributed by atoms with Crippen LogP contribution in [0.25, 0.3) is 21.5 Å². The molecule has 3 rings (SSSR count). The zero-order valence-electron chi connectivity index (χ0n) is 9.93. The molecule has 2 heteroatoms. The smallest absolute Gasteiger partial charge is 0.0688 e. The van der Waals surface area contributed by atoms with Gasteiger partial charge in [-0.1, -0.05) is 42.5 Å². The molecule has 0 aliphatic carbocycles. The number of benzene rings is 3. The fourth-order valence-corrected chi connectivity index (χ4v) is 2.46. The molecule has 2 nitrogen and oxygen atoms in total. The molecular formula is C16H14O2. The van der Waals surface area contributed by atoms with Crippen LogP contribution in [0.2, 0.25) is 0 Å². The maximum atomic E-state index is 9.47. The number of aliphatic hydroxyl groups is 2. The van der Waals surface area contributed by atoms with Gasteiger partial charge in [0.05, 0.1) is 13.2 Å². The number of rotatable bonds is 2. The molecule has 3 aromatic carbocycles. The van der Waals surface area contributed by atoms with Crippen molar-refractivity contribution in [1.82, 2.24) is 0 Å². The van der Waals surface area contributed by atoms with Gasteiger partial charge in [0.15, 0.2) is 0 Å². The highest BCUT2D eigenvalue weighted by Crippen LogP contribution is 2.29. The summed E-state index contributed by atoms with van der Waals surface area (Å²) in [7, 11) is 0. The second-order valence-electron chi connectivity index (χ2n) is 4.45. The van der Waals surface area contributed by atoms with Gasteiger partial charge in [0, 0.05) is 0 Å². The minimum absolute atomic E-state index is 0.0276. The molecule has 0 amide bonds. The van der Waals surface area contributed by atoms with E-state index in [1.807, 2.05) is 36.4 Å². The van der Waals surface area contributed by atoms with Crippen molar-refractivity contribution in [2.75, 3.05) is 0 Å². The van der Waals surface area contributed by atoms with Gasteiger partial charge in [0.25, 0.3) is 0 Å². The predicted molar refractivity (Wildman–Crippen MR) is 73.3 cm³/mol. The molecule has 0 saturated heterocycles. The van der Waals surface area contributed by atoms with E-state index in [0.717, 1.165) is 32.7 Å². The quantitative estimate of drug-likeness (QED) is 0.674. The number of aliphatic hydroxyl groups excluding tert-OH is 2. The van der Waals surface area contributed by atoms with Crippen LogP contribution >= 0.6 is 0 Å². The highest BCUT2D eigenvalue weighted by molar-refractivity contribution is 6.09. The first-order valence-electron chi connectivity index (χ1n) is 5.98. The number of hydrogen-bond donors (Lipinski definition) is 2. The Balaban J connectivity index is 2.49. The molecule has 0 aliphatic rings. The third-order valence-corrected chi connectivity index (χ3v) is 3.37. The van der Waals surface area contributed by atoms with Crippen molar-refractivity contribution in [3.05, 3.63) is 59.7 Å². The lowest BCUT2D eigenvalue weighted by molar-refractivity contribution is 0.282. The first-order valence-corrected chi connectivity index (χ1v) is 5.98. The zero-order chi connectivity index (χ0) is 12.5. The largest absolute Gasteiger partial charge is 0.392 e. The minimum Gasteiger partial charge on any atom is -0.392 e. The van der Waals surface area contributed by atoms with Crippen molar-refractivity contribution in [3.8, 4) is 0 Å². The van der Waals surface area contributed by atoms with E-state index in [9.17, 15) is 10.2 Å². The van der Waals surface area contributed by atoms with Gasteiger partial charge in [0.2, 0.25) is 0 Å². The summed E-state index contributed by atoms with van der Waals surface area (Å²) in [5, 5.41) is 23.1. The van der Waals surface area contributed by atoms with Gasteiger partial charge >= 0.3 is 0 Å². The maximum Gasteiger partial charge on any atom is 0.0688 e. The van der Waals surface area contributed by atoms with Crippen LogP contribution < -0.4 is 0 Å². The monoisotopic (exact) mass is 238 g/mol. The van der Waals surface area contributed by atoms with Crippen molar-refractivity contribution in [3.63, 3.8) is 0 Å². The van der Waals surface area contributed by atoms with E-state index in [1.54, 1.807) is 0 Å². The second-order valence-corrected chi connectivity index (χ2v) is 4.45. The first kappa shape index (κ1) is 11.2. The Hall–Kier alpha value is -1.90. The van der Waals surface area contributed by atoms with Crippen molar-refractivity contribution in [1.29, 1.82) is 0 Å². The molecule has 0 atom stereocenters. The minimum atomic E-state index is 0.0276. The molecule has 2 N–H and O–H groups in total. The van der Waals surface area contributed by atoms with Gasteiger partial charge in [0.1, 0.15) is 0 Å². The summed E-state index contributed by atoms with van der Waals surface area (Å²) in [5.74, 6) is 0. The van der Waals surface area contributed by atoms with Crippen LogP contribution in [-0.4, -0.2) is 10.2 Å². The average Bonchev–Trinajstić information content (AvgIpc) is 2.45. The molecule has 0 aliphatic heterocycles. The Morgan fingerprint density at radius 3 is 2.33 bits per heavy atom. The summed E-state index contributed by atoms with van der Waals surface area (Å²) in [6, 6.07) is 16.0. The maximum absolute atomic E-state index is 9.47. The summed E-state index contributed by atoms with van der Waals surface area (Å²) in [5.41, 5.74) is 1.82. The number of hydrogen-bond acceptors (Lipinski definition) is 2. The highest BCUT2D eigenvalue weighted by Gasteiger charge is 2.05. The van der Waals surface area contributed by atoms with Gasteiger partial charge < -0.3 is 10.2 Å². The molecule has 0 heterocycles. The van der Waals surface area contributed by atoms with Crippen molar-refractivity contribution < 1.29 is 10.2 Å². The van der Waals surface area contributed by atoms with Crippen molar-refractivity contribution in [2.24, 2.45) is 0 Å². The Morgan fingerprint density at radius 2 is 1.56 bits per heavy atom. The van der Waals surface area contributed by atoms with Crippen molar-refractivity contribution >= 4 is 21.5 Å². The van der Waals surface area contributed by atoms with Gasteiger partial charge in [-0.2, -0.15) is 0 Å². The third kappa shape index (κ3) is 1.67. The van der Waals surface area contributed by atoms with E-state index in [-0.39, 0.29) is 13.2 Å². The van der Waals surface area contributed by atoms with Crippen LogP contribution in [-0.2, 0) is 13.2 Å².